The third-order valence-corrected chi connectivity index (χ3v) is 2.88. The van der Waals surface area contributed by atoms with Gasteiger partial charge in [0.15, 0.2) is 0 Å². The SMILES string of the molecule is COc1ccc(N2CC(Cl)CC2=O)c(OC)n1. The summed E-state index contributed by atoms with van der Waals surface area (Å²) in [4.78, 5) is 17.5. The van der Waals surface area contributed by atoms with Crippen LogP contribution in [0, 0.1) is 0 Å². The third-order valence-electron chi connectivity index (χ3n) is 2.59. The van der Waals surface area contributed by atoms with Crippen LogP contribution in [-0.2, 0) is 4.79 Å². The molecule has 6 heteroatoms. The third kappa shape index (κ3) is 2.29. The van der Waals surface area contributed by atoms with E-state index in [1.54, 1.807) is 17.0 Å². The number of hydrogen-bond acceptors (Lipinski definition) is 4. The second-order valence-electron chi connectivity index (χ2n) is 3.69. The van der Waals surface area contributed by atoms with E-state index in [1.807, 2.05) is 0 Å². The molecule has 1 aromatic rings. The first-order chi connectivity index (χ1) is 8.15. The summed E-state index contributed by atoms with van der Waals surface area (Å²) in [5.74, 6) is 0.790. The van der Waals surface area contributed by atoms with Crippen LogP contribution in [0.2, 0.25) is 0 Å². The zero-order valence-corrected chi connectivity index (χ0v) is 10.4. The molecule has 1 amide bonds. The van der Waals surface area contributed by atoms with Crippen LogP contribution >= 0.6 is 11.6 Å². The highest BCUT2D eigenvalue weighted by Crippen LogP contribution is 2.32. The van der Waals surface area contributed by atoms with Gasteiger partial charge < -0.3 is 14.4 Å². The van der Waals surface area contributed by atoms with Crippen LogP contribution in [0.15, 0.2) is 12.1 Å². The van der Waals surface area contributed by atoms with Gasteiger partial charge in [-0.2, -0.15) is 4.98 Å². The molecule has 1 aliphatic heterocycles. The van der Waals surface area contributed by atoms with Gasteiger partial charge in [0.1, 0.15) is 5.69 Å². The molecule has 0 N–H and O–H groups in total. The number of alkyl halides is 1. The fourth-order valence-corrected chi connectivity index (χ4v) is 2.05. The first-order valence-electron chi connectivity index (χ1n) is 5.19. The number of anilines is 1. The van der Waals surface area contributed by atoms with Crippen LogP contribution in [-0.4, -0.2) is 37.0 Å². The molecule has 1 atom stereocenters. The molecule has 1 fully saturated rings. The van der Waals surface area contributed by atoms with E-state index in [1.165, 1.54) is 14.2 Å². The molecule has 0 aliphatic carbocycles. The van der Waals surface area contributed by atoms with Gasteiger partial charge in [-0.15, -0.1) is 11.6 Å². The summed E-state index contributed by atoms with van der Waals surface area (Å²) in [6.45, 7) is 0.477. The Morgan fingerprint density at radius 3 is 2.71 bits per heavy atom. The summed E-state index contributed by atoms with van der Waals surface area (Å²) in [5, 5.41) is -0.158. The van der Waals surface area contributed by atoms with E-state index in [0.29, 0.717) is 30.4 Å². The molecule has 1 aromatic heterocycles. The number of halogens is 1. The largest absolute Gasteiger partial charge is 0.481 e. The van der Waals surface area contributed by atoms with Crippen LogP contribution in [0.4, 0.5) is 5.69 Å². The molecule has 92 valence electrons. The fourth-order valence-electron chi connectivity index (χ4n) is 1.78. The first-order valence-corrected chi connectivity index (χ1v) is 5.62. The van der Waals surface area contributed by atoms with E-state index in [0.717, 1.165) is 0 Å². The quantitative estimate of drug-likeness (QED) is 0.768. The maximum Gasteiger partial charge on any atom is 0.241 e. The lowest BCUT2D eigenvalue weighted by Gasteiger charge is -2.18. The highest BCUT2D eigenvalue weighted by atomic mass is 35.5. The molecular formula is C11H13ClN2O3. The van der Waals surface area contributed by atoms with E-state index in [4.69, 9.17) is 21.1 Å². The van der Waals surface area contributed by atoms with Crippen molar-refractivity contribution in [3.05, 3.63) is 12.1 Å². The number of aromatic nitrogens is 1. The van der Waals surface area contributed by atoms with E-state index < -0.39 is 0 Å². The van der Waals surface area contributed by atoms with E-state index in [9.17, 15) is 4.79 Å². The van der Waals surface area contributed by atoms with Crippen molar-refractivity contribution < 1.29 is 14.3 Å². The lowest BCUT2D eigenvalue weighted by Crippen LogP contribution is -2.25. The molecule has 1 aliphatic rings. The number of amides is 1. The monoisotopic (exact) mass is 256 g/mol. The first kappa shape index (κ1) is 12.0. The molecule has 2 heterocycles. The Balaban J connectivity index is 2.35. The van der Waals surface area contributed by atoms with E-state index >= 15 is 0 Å². The van der Waals surface area contributed by atoms with Gasteiger partial charge in [-0.3, -0.25) is 4.79 Å². The van der Waals surface area contributed by atoms with Crippen molar-refractivity contribution in [1.82, 2.24) is 4.98 Å². The Morgan fingerprint density at radius 1 is 1.41 bits per heavy atom. The second-order valence-corrected chi connectivity index (χ2v) is 4.30. The van der Waals surface area contributed by atoms with Crippen molar-refractivity contribution in [1.29, 1.82) is 0 Å². The van der Waals surface area contributed by atoms with Gasteiger partial charge in [0.2, 0.25) is 17.7 Å². The van der Waals surface area contributed by atoms with Gasteiger partial charge in [-0.05, 0) is 6.07 Å². The number of pyridine rings is 1. The maximum atomic E-state index is 11.7. The highest BCUT2D eigenvalue weighted by molar-refractivity contribution is 6.24. The second kappa shape index (κ2) is 4.79. The lowest BCUT2D eigenvalue weighted by molar-refractivity contribution is -0.117. The molecule has 0 spiro atoms. The van der Waals surface area contributed by atoms with Crippen LogP contribution in [0.3, 0.4) is 0 Å². The topological polar surface area (TPSA) is 51.7 Å². The van der Waals surface area contributed by atoms with Crippen molar-refractivity contribution in [2.24, 2.45) is 0 Å². The smallest absolute Gasteiger partial charge is 0.241 e. The predicted octanol–water partition coefficient (Wildman–Crippen LogP) is 1.44. The Hall–Kier alpha value is -1.49. The zero-order chi connectivity index (χ0) is 12.4. The average molecular weight is 257 g/mol. The van der Waals surface area contributed by atoms with Crippen LogP contribution in [0.1, 0.15) is 6.42 Å². The fraction of sp³-hybridized carbons (Fsp3) is 0.455. The van der Waals surface area contributed by atoms with Crippen molar-refractivity contribution in [3.63, 3.8) is 0 Å². The van der Waals surface area contributed by atoms with Crippen molar-refractivity contribution in [3.8, 4) is 11.8 Å². The van der Waals surface area contributed by atoms with Crippen molar-refractivity contribution in [2.45, 2.75) is 11.8 Å². The van der Waals surface area contributed by atoms with Gasteiger partial charge in [0, 0.05) is 19.0 Å². The molecule has 17 heavy (non-hydrogen) atoms. The van der Waals surface area contributed by atoms with Crippen LogP contribution < -0.4 is 14.4 Å². The molecule has 0 radical (unpaired) electrons. The Labute approximate surface area is 104 Å². The maximum absolute atomic E-state index is 11.7. The molecular weight excluding hydrogens is 244 g/mol. The number of nitrogens with zero attached hydrogens (tertiary/aromatic N) is 2. The number of carbonyl (C=O) groups excluding carboxylic acids is 1. The number of ether oxygens (including phenoxy) is 2. The van der Waals surface area contributed by atoms with Crippen molar-refractivity contribution >= 4 is 23.2 Å². The minimum atomic E-state index is -0.158. The predicted molar refractivity (Wildman–Crippen MR) is 64.0 cm³/mol. The molecule has 1 saturated heterocycles. The number of methoxy groups -OCH3 is 2. The minimum Gasteiger partial charge on any atom is -0.481 e. The van der Waals surface area contributed by atoms with Gasteiger partial charge in [0.05, 0.1) is 19.6 Å². The van der Waals surface area contributed by atoms with Gasteiger partial charge in [0.25, 0.3) is 0 Å². The van der Waals surface area contributed by atoms with Gasteiger partial charge >= 0.3 is 0 Å². The standard InChI is InChI=1S/C11H13ClN2O3/c1-16-9-4-3-8(11(13-9)17-2)14-6-7(12)5-10(14)15/h3-4,7H,5-6H2,1-2H3. The summed E-state index contributed by atoms with van der Waals surface area (Å²) in [6, 6.07) is 3.43. The number of carbonyl (C=O) groups is 1. The number of rotatable bonds is 3. The Kier molecular flexibility index (Phi) is 3.38. The van der Waals surface area contributed by atoms with E-state index in [2.05, 4.69) is 4.98 Å². The lowest BCUT2D eigenvalue weighted by atomic mass is 10.3. The molecule has 2 rings (SSSR count). The van der Waals surface area contributed by atoms with E-state index in [-0.39, 0.29) is 11.3 Å². The highest BCUT2D eigenvalue weighted by Gasteiger charge is 2.31. The summed E-state index contributed by atoms with van der Waals surface area (Å²) < 4.78 is 10.2. The van der Waals surface area contributed by atoms with Gasteiger partial charge in [-0.25, -0.2) is 0 Å². The summed E-state index contributed by atoms with van der Waals surface area (Å²) in [5.41, 5.74) is 0.626. The minimum absolute atomic E-state index is 0.0183. The molecule has 0 aromatic carbocycles. The average Bonchev–Trinajstić information content (AvgIpc) is 2.67. The number of hydrogen-bond donors (Lipinski definition) is 0. The zero-order valence-electron chi connectivity index (χ0n) is 9.64. The summed E-state index contributed by atoms with van der Waals surface area (Å²) in [6.07, 6.45) is 0.344. The molecule has 0 saturated carbocycles. The normalized spacial score (nSPS) is 19.6. The molecule has 0 bridgehead atoms. The molecule has 5 nitrogen and oxygen atoms in total. The van der Waals surface area contributed by atoms with Crippen LogP contribution in [0.5, 0.6) is 11.8 Å². The Morgan fingerprint density at radius 2 is 2.18 bits per heavy atom. The van der Waals surface area contributed by atoms with Crippen molar-refractivity contribution in [2.75, 3.05) is 25.7 Å². The Bertz CT molecular complexity index is 439. The van der Waals surface area contributed by atoms with Crippen LogP contribution in [0.25, 0.3) is 0 Å². The van der Waals surface area contributed by atoms with Gasteiger partial charge in [-0.1, -0.05) is 0 Å². The summed E-state index contributed by atoms with van der Waals surface area (Å²) in [7, 11) is 3.03. The summed E-state index contributed by atoms with van der Waals surface area (Å²) >= 11 is 5.96. The molecule has 1 unspecified atom stereocenters.